The first-order chi connectivity index (χ1) is 11.7. The van der Waals surface area contributed by atoms with Gasteiger partial charge >= 0.3 is 0 Å². The van der Waals surface area contributed by atoms with Crippen LogP contribution in [-0.4, -0.2) is 67.0 Å². The molecule has 0 aromatic carbocycles. The van der Waals surface area contributed by atoms with E-state index >= 15 is 0 Å². The number of unbranched alkanes of at least 4 members (excludes halogenated alkanes) is 1. The molecule has 0 radical (unpaired) electrons. The van der Waals surface area contributed by atoms with E-state index in [0.29, 0.717) is 5.41 Å². The number of likely N-dealkylation sites (tertiary alicyclic amines) is 2. The standard InChI is InChI=1S/C19H37N5O/c1-18(2)14-24(19(18,3)4)17(21-5)22-10-6-7-11-23-12-8-15(9-13-23)16(20)25/h15H,6-14H2,1-5H3,(H2,20,25)(H,21,22). The average molecular weight is 352 g/mol. The van der Waals surface area contributed by atoms with Gasteiger partial charge in [0, 0.05) is 37.0 Å². The summed E-state index contributed by atoms with van der Waals surface area (Å²) in [6.45, 7) is 14.3. The van der Waals surface area contributed by atoms with Gasteiger partial charge in [0.2, 0.25) is 5.91 Å². The Kier molecular flexibility index (Phi) is 6.35. The summed E-state index contributed by atoms with van der Waals surface area (Å²) in [5, 5.41) is 3.52. The van der Waals surface area contributed by atoms with Gasteiger partial charge in [-0.2, -0.15) is 0 Å². The van der Waals surface area contributed by atoms with Crippen molar-refractivity contribution in [3.8, 4) is 0 Å². The minimum Gasteiger partial charge on any atom is -0.369 e. The van der Waals surface area contributed by atoms with Crippen LogP contribution in [0.5, 0.6) is 0 Å². The largest absolute Gasteiger partial charge is 0.369 e. The predicted molar refractivity (Wildman–Crippen MR) is 104 cm³/mol. The Morgan fingerprint density at radius 3 is 2.32 bits per heavy atom. The highest BCUT2D eigenvalue weighted by atomic mass is 16.1. The number of carbonyl (C=O) groups is 1. The number of guanidine groups is 1. The number of aliphatic imine (C=N–C) groups is 1. The molecule has 0 aliphatic carbocycles. The maximum absolute atomic E-state index is 11.2. The summed E-state index contributed by atoms with van der Waals surface area (Å²) in [7, 11) is 1.87. The fourth-order valence-electron chi connectivity index (χ4n) is 3.80. The van der Waals surface area contributed by atoms with Gasteiger partial charge in [-0.1, -0.05) is 13.8 Å². The van der Waals surface area contributed by atoms with E-state index < -0.39 is 0 Å². The number of primary amides is 1. The van der Waals surface area contributed by atoms with Crippen LogP contribution in [0.1, 0.15) is 53.4 Å². The number of piperidine rings is 1. The zero-order valence-corrected chi connectivity index (χ0v) is 16.8. The van der Waals surface area contributed by atoms with Crippen molar-refractivity contribution in [2.45, 2.75) is 58.9 Å². The van der Waals surface area contributed by atoms with Crippen LogP contribution in [0.25, 0.3) is 0 Å². The predicted octanol–water partition coefficient (Wildman–Crippen LogP) is 1.66. The Balaban J connectivity index is 1.62. The van der Waals surface area contributed by atoms with Crippen LogP contribution >= 0.6 is 0 Å². The van der Waals surface area contributed by atoms with Crippen LogP contribution in [0, 0.1) is 11.3 Å². The summed E-state index contributed by atoms with van der Waals surface area (Å²) < 4.78 is 0. The molecule has 6 nitrogen and oxygen atoms in total. The van der Waals surface area contributed by atoms with Gasteiger partial charge in [0.15, 0.2) is 5.96 Å². The fourth-order valence-corrected chi connectivity index (χ4v) is 3.80. The van der Waals surface area contributed by atoms with E-state index in [9.17, 15) is 4.79 Å². The lowest BCUT2D eigenvalue weighted by Gasteiger charge is -2.62. The number of nitrogens with two attached hydrogens (primary N) is 1. The summed E-state index contributed by atoms with van der Waals surface area (Å²) in [5.41, 5.74) is 5.85. The van der Waals surface area contributed by atoms with Crippen molar-refractivity contribution in [1.82, 2.24) is 15.1 Å². The number of nitrogens with zero attached hydrogens (tertiary/aromatic N) is 3. The van der Waals surface area contributed by atoms with Crippen molar-refractivity contribution >= 4 is 11.9 Å². The lowest BCUT2D eigenvalue weighted by molar-refractivity contribution is -0.123. The van der Waals surface area contributed by atoms with Crippen molar-refractivity contribution in [2.75, 3.05) is 39.8 Å². The Morgan fingerprint density at radius 1 is 1.20 bits per heavy atom. The number of nitrogens with one attached hydrogen (secondary N) is 1. The zero-order valence-electron chi connectivity index (χ0n) is 16.8. The van der Waals surface area contributed by atoms with Gasteiger partial charge in [-0.3, -0.25) is 9.79 Å². The van der Waals surface area contributed by atoms with E-state index in [1.54, 1.807) is 0 Å². The van der Waals surface area contributed by atoms with Gasteiger partial charge in [0.1, 0.15) is 0 Å². The molecule has 0 unspecified atom stereocenters. The average Bonchev–Trinajstić information content (AvgIpc) is 2.57. The van der Waals surface area contributed by atoms with Gasteiger partial charge in [0.25, 0.3) is 0 Å². The van der Waals surface area contributed by atoms with Gasteiger partial charge in [-0.15, -0.1) is 0 Å². The maximum atomic E-state index is 11.2. The molecule has 1 amide bonds. The van der Waals surface area contributed by atoms with Gasteiger partial charge in [-0.05, 0) is 59.2 Å². The third-order valence-corrected chi connectivity index (χ3v) is 6.53. The van der Waals surface area contributed by atoms with Crippen molar-refractivity contribution < 1.29 is 4.79 Å². The quantitative estimate of drug-likeness (QED) is 0.434. The molecule has 2 rings (SSSR count). The van der Waals surface area contributed by atoms with Crippen LogP contribution < -0.4 is 11.1 Å². The highest BCUT2D eigenvalue weighted by Crippen LogP contribution is 2.46. The van der Waals surface area contributed by atoms with Gasteiger partial charge < -0.3 is 20.9 Å². The third-order valence-electron chi connectivity index (χ3n) is 6.53. The number of rotatable bonds is 6. The van der Waals surface area contributed by atoms with E-state index in [4.69, 9.17) is 5.73 Å². The van der Waals surface area contributed by atoms with Crippen molar-refractivity contribution in [1.29, 1.82) is 0 Å². The lowest BCUT2D eigenvalue weighted by atomic mass is 9.65. The molecule has 144 valence electrons. The first kappa shape index (κ1) is 20.0. The summed E-state index contributed by atoms with van der Waals surface area (Å²) in [6, 6.07) is 0. The molecule has 6 heteroatoms. The normalized spacial score (nSPS) is 24.0. The summed E-state index contributed by atoms with van der Waals surface area (Å²) in [5.74, 6) is 0.976. The van der Waals surface area contributed by atoms with Crippen molar-refractivity contribution in [3.05, 3.63) is 0 Å². The second-order valence-corrected chi connectivity index (χ2v) is 8.73. The van der Waals surface area contributed by atoms with Crippen LogP contribution in [0.3, 0.4) is 0 Å². The molecule has 25 heavy (non-hydrogen) atoms. The molecule has 0 aromatic rings. The second kappa shape index (κ2) is 7.94. The lowest BCUT2D eigenvalue weighted by Crippen LogP contribution is -2.72. The third kappa shape index (κ3) is 4.46. The highest BCUT2D eigenvalue weighted by molar-refractivity contribution is 5.82. The summed E-state index contributed by atoms with van der Waals surface area (Å²) in [6.07, 6.45) is 4.13. The minimum atomic E-state index is -0.132. The molecule has 0 spiro atoms. The summed E-state index contributed by atoms with van der Waals surface area (Å²) in [4.78, 5) is 20.5. The molecule has 0 bridgehead atoms. The SMILES string of the molecule is CN=C(NCCCCN1CCC(C(N)=O)CC1)N1CC(C)(C)C1(C)C. The molecule has 2 fully saturated rings. The molecular formula is C19H37N5O. The first-order valence-electron chi connectivity index (χ1n) is 9.69. The van der Waals surface area contributed by atoms with E-state index in [1.807, 2.05) is 7.05 Å². The minimum absolute atomic E-state index is 0.0883. The molecule has 0 atom stereocenters. The molecule has 2 aliphatic rings. The van der Waals surface area contributed by atoms with Crippen LogP contribution in [-0.2, 0) is 4.79 Å². The zero-order chi connectivity index (χ0) is 18.7. The van der Waals surface area contributed by atoms with Crippen LogP contribution in [0.4, 0.5) is 0 Å². The van der Waals surface area contributed by atoms with E-state index in [-0.39, 0.29) is 17.4 Å². The van der Waals surface area contributed by atoms with Crippen molar-refractivity contribution in [3.63, 3.8) is 0 Å². The number of amides is 1. The molecule has 2 aliphatic heterocycles. The second-order valence-electron chi connectivity index (χ2n) is 8.73. The topological polar surface area (TPSA) is 74.0 Å². The summed E-state index contributed by atoms with van der Waals surface area (Å²) >= 11 is 0. The van der Waals surface area contributed by atoms with Crippen molar-refractivity contribution in [2.24, 2.45) is 22.1 Å². The number of hydrogen-bond donors (Lipinski definition) is 2. The highest BCUT2D eigenvalue weighted by Gasteiger charge is 2.53. The monoisotopic (exact) mass is 351 g/mol. The smallest absolute Gasteiger partial charge is 0.220 e. The Morgan fingerprint density at radius 2 is 1.84 bits per heavy atom. The first-order valence-corrected chi connectivity index (χ1v) is 9.69. The molecule has 2 saturated heterocycles. The van der Waals surface area contributed by atoms with E-state index in [1.165, 1.54) is 6.42 Å². The molecule has 3 N–H and O–H groups in total. The molecule has 0 aromatic heterocycles. The molecule has 0 saturated carbocycles. The van der Waals surface area contributed by atoms with Crippen LogP contribution in [0.15, 0.2) is 4.99 Å². The van der Waals surface area contributed by atoms with Crippen LogP contribution in [0.2, 0.25) is 0 Å². The molecular weight excluding hydrogens is 314 g/mol. The Hall–Kier alpha value is -1.30. The Bertz CT molecular complexity index is 492. The van der Waals surface area contributed by atoms with E-state index in [2.05, 4.69) is 47.8 Å². The Labute approximate surface area is 153 Å². The fraction of sp³-hybridized carbons (Fsp3) is 0.895. The number of hydrogen-bond acceptors (Lipinski definition) is 3. The van der Waals surface area contributed by atoms with E-state index in [0.717, 1.165) is 57.9 Å². The maximum Gasteiger partial charge on any atom is 0.220 e. The van der Waals surface area contributed by atoms with Gasteiger partial charge in [0.05, 0.1) is 0 Å². The number of carbonyl (C=O) groups excluding carboxylic acids is 1. The van der Waals surface area contributed by atoms with Gasteiger partial charge in [-0.25, -0.2) is 0 Å². The molecule has 2 heterocycles.